The van der Waals surface area contributed by atoms with Crippen molar-refractivity contribution in [3.8, 4) is 0 Å². The molecule has 3 rings (SSSR count). The fraction of sp³-hybridized carbons (Fsp3) is 0.917. The molecule has 1 saturated carbocycles. The zero-order valence-corrected chi connectivity index (χ0v) is 20.4. The first-order valence-corrected chi connectivity index (χ1v) is 12.4. The summed E-state index contributed by atoms with van der Waals surface area (Å²) >= 11 is 0. The summed E-state index contributed by atoms with van der Waals surface area (Å²) in [6.45, 7) is 12.1. The van der Waals surface area contributed by atoms with Gasteiger partial charge in [0.2, 0.25) is 0 Å². The van der Waals surface area contributed by atoms with Crippen LogP contribution in [0, 0.1) is 5.92 Å². The minimum Gasteiger partial charge on any atom is -0.466 e. The number of carbonyl (C=O) groups excluding carboxylic acids is 2. The Bertz CT molecular complexity index is 614. The molecule has 1 aliphatic carbocycles. The second-order valence-electron chi connectivity index (χ2n) is 10.1. The Labute approximate surface area is 192 Å². The zero-order chi connectivity index (χ0) is 23.2. The van der Waals surface area contributed by atoms with Gasteiger partial charge in [0.25, 0.3) is 5.85 Å². The number of hydrogen-bond donors (Lipinski definition) is 0. The molecule has 3 fully saturated rings. The molecule has 184 valence electrons. The van der Waals surface area contributed by atoms with Crippen LogP contribution in [0.1, 0.15) is 72.6 Å². The first-order valence-electron chi connectivity index (χ1n) is 12.4. The molecule has 8 heteroatoms. The van der Waals surface area contributed by atoms with Crippen molar-refractivity contribution in [2.75, 3.05) is 46.0 Å². The topological polar surface area (TPSA) is 77.5 Å². The molecule has 0 radical (unpaired) electrons. The standard InChI is InChI=1S/C24H42N2O6/c1-5-30-21(27)19-9-11-20(12-10-19)31-24(25-13-6-7-14-25,22(28)32-23(2,3)4)26-15-8-17-29-18-16-26/h19-20H,5-18H2,1-4H3. The SMILES string of the molecule is CCOC(=O)C1CCC(OC(C(=O)OC(C)(C)C)(N2CCCC2)N2CCCOCC2)CC1. The molecular formula is C24H42N2O6. The second-order valence-corrected chi connectivity index (χ2v) is 10.1. The van der Waals surface area contributed by atoms with Crippen LogP contribution in [0.25, 0.3) is 0 Å². The van der Waals surface area contributed by atoms with Gasteiger partial charge in [-0.05, 0) is 72.6 Å². The second kappa shape index (κ2) is 11.3. The summed E-state index contributed by atoms with van der Waals surface area (Å²) in [5, 5.41) is 0. The smallest absolute Gasteiger partial charge is 0.371 e. The number of likely N-dealkylation sites (tertiary alicyclic amines) is 1. The zero-order valence-electron chi connectivity index (χ0n) is 20.4. The van der Waals surface area contributed by atoms with E-state index in [1.165, 1.54) is 0 Å². The molecule has 0 amide bonds. The van der Waals surface area contributed by atoms with Crippen molar-refractivity contribution in [3.63, 3.8) is 0 Å². The molecule has 2 aliphatic heterocycles. The summed E-state index contributed by atoms with van der Waals surface area (Å²) in [6.07, 6.45) is 5.70. The third-order valence-corrected chi connectivity index (χ3v) is 6.48. The van der Waals surface area contributed by atoms with Crippen molar-refractivity contribution in [2.45, 2.75) is 90.2 Å². The quantitative estimate of drug-likeness (QED) is 0.544. The van der Waals surface area contributed by atoms with Crippen molar-refractivity contribution >= 4 is 11.9 Å². The number of ether oxygens (including phenoxy) is 4. The Morgan fingerprint density at radius 1 is 0.906 bits per heavy atom. The van der Waals surface area contributed by atoms with Crippen LogP contribution in [0.15, 0.2) is 0 Å². The summed E-state index contributed by atoms with van der Waals surface area (Å²) in [5.74, 6) is -1.78. The number of rotatable bonds is 7. The average Bonchev–Trinajstić information content (AvgIpc) is 3.14. The predicted octanol–water partition coefficient (Wildman–Crippen LogP) is 2.94. The first kappa shape index (κ1) is 25.4. The Morgan fingerprint density at radius 2 is 1.53 bits per heavy atom. The lowest BCUT2D eigenvalue weighted by Gasteiger charge is -2.49. The van der Waals surface area contributed by atoms with Gasteiger partial charge in [0.1, 0.15) is 5.60 Å². The average molecular weight is 455 g/mol. The van der Waals surface area contributed by atoms with Crippen LogP contribution in [0.3, 0.4) is 0 Å². The number of esters is 2. The van der Waals surface area contributed by atoms with Crippen molar-refractivity contribution in [2.24, 2.45) is 5.92 Å². The van der Waals surface area contributed by atoms with Crippen LogP contribution < -0.4 is 0 Å². The predicted molar refractivity (Wildman–Crippen MR) is 120 cm³/mol. The van der Waals surface area contributed by atoms with Crippen LogP contribution in [0.2, 0.25) is 0 Å². The van der Waals surface area contributed by atoms with Crippen LogP contribution >= 0.6 is 0 Å². The molecule has 0 spiro atoms. The van der Waals surface area contributed by atoms with E-state index in [1.54, 1.807) is 0 Å². The van der Waals surface area contributed by atoms with Crippen LogP contribution in [0.5, 0.6) is 0 Å². The molecule has 0 aromatic carbocycles. The lowest BCUT2D eigenvalue weighted by molar-refractivity contribution is -0.277. The molecule has 0 aromatic rings. The molecule has 2 heterocycles. The van der Waals surface area contributed by atoms with Gasteiger partial charge in [0.05, 0.1) is 25.2 Å². The fourth-order valence-corrected chi connectivity index (χ4v) is 4.98. The Hall–Kier alpha value is -1.22. The third kappa shape index (κ3) is 6.22. The van der Waals surface area contributed by atoms with Crippen molar-refractivity contribution < 1.29 is 28.5 Å². The Balaban J connectivity index is 1.85. The number of carbonyl (C=O) groups is 2. The summed E-state index contributed by atoms with van der Waals surface area (Å²) in [4.78, 5) is 30.4. The van der Waals surface area contributed by atoms with Crippen LogP contribution in [0.4, 0.5) is 0 Å². The summed E-state index contributed by atoms with van der Waals surface area (Å²) < 4.78 is 23.7. The molecule has 0 bridgehead atoms. The van der Waals surface area contributed by atoms with E-state index >= 15 is 0 Å². The maximum atomic E-state index is 13.9. The molecule has 32 heavy (non-hydrogen) atoms. The van der Waals surface area contributed by atoms with Gasteiger partial charge in [-0.2, -0.15) is 0 Å². The molecule has 3 aliphatic rings. The van der Waals surface area contributed by atoms with Gasteiger partial charge < -0.3 is 18.9 Å². The highest BCUT2D eigenvalue weighted by molar-refractivity contribution is 5.79. The van der Waals surface area contributed by atoms with Gasteiger partial charge in [-0.1, -0.05) is 0 Å². The van der Waals surface area contributed by atoms with Gasteiger partial charge >= 0.3 is 11.9 Å². The number of nitrogens with zero attached hydrogens (tertiary/aromatic N) is 2. The normalized spacial score (nSPS) is 28.0. The molecule has 8 nitrogen and oxygen atoms in total. The van der Waals surface area contributed by atoms with E-state index in [1.807, 2.05) is 27.7 Å². The Kier molecular flexibility index (Phi) is 8.95. The maximum Gasteiger partial charge on any atom is 0.371 e. The van der Waals surface area contributed by atoms with E-state index in [9.17, 15) is 9.59 Å². The van der Waals surface area contributed by atoms with E-state index in [0.717, 1.165) is 58.0 Å². The fourth-order valence-electron chi connectivity index (χ4n) is 4.98. The highest BCUT2D eigenvalue weighted by atomic mass is 16.6. The molecule has 0 aromatic heterocycles. The van der Waals surface area contributed by atoms with Crippen LogP contribution in [-0.4, -0.2) is 85.3 Å². The maximum absolute atomic E-state index is 13.9. The van der Waals surface area contributed by atoms with E-state index in [-0.39, 0.29) is 24.0 Å². The van der Waals surface area contributed by atoms with E-state index < -0.39 is 11.4 Å². The highest BCUT2D eigenvalue weighted by Gasteiger charge is 2.55. The molecule has 1 atom stereocenters. The van der Waals surface area contributed by atoms with Gasteiger partial charge in [0.15, 0.2) is 0 Å². The monoisotopic (exact) mass is 454 g/mol. The van der Waals surface area contributed by atoms with Crippen LogP contribution in [-0.2, 0) is 28.5 Å². The molecule has 1 unspecified atom stereocenters. The summed E-state index contributed by atoms with van der Waals surface area (Å²) in [6, 6.07) is 0. The minimum atomic E-state index is -1.25. The first-order chi connectivity index (χ1) is 15.3. The van der Waals surface area contributed by atoms with E-state index in [2.05, 4.69) is 9.80 Å². The van der Waals surface area contributed by atoms with Gasteiger partial charge in [-0.3, -0.25) is 14.6 Å². The van der Waals surface area contributed by atoms with Crippen molar-refractivity contribution in [1.29, 1.82) is 0 Å². The molecule has 2 saturated heterocycles. The van der Waals surface area contributed by atoms with Gasteiger partial charge in [-0.25, -0.2) is 4.79 Å². The minimum absolute atomic E-state index is 0.0795. The van der Waals surface area contributed by atoms with E-state index in [0.29, 0.717) is 32.9 Å². The van der Waals surface area contributed by atoms with Gasteiger partial charge in [-0.15, -0.1) is 0 Å². The van der Waals surface area contributed by atoms with E-state index in [4.69, 9.17) is 18.9 Å². The molecule has 0 N–H and O–H groups in total. The Morgan fingerprint density at radius 3 is 2.16 bits per heavy atom. The number of hydrogen-bond acceptors (Lipinski definition) is 8. The summed E-state index contributed by atoms with van der Waals surface area (Å²) in [5.41, 5.74) is -0.616. The van der Waals surface area contributed by atoms with Gasteiger partial charge in [0, 0.05) is 32.8 Å². The van der Waals surface area contributed by atoms with Crippen molar-refractivity contribution in [3.05, 3.63) is 0 Å². The highest BCUT2D eigenvalue weighted by Crippen LogP contribution is 2.36. The largest absolute Gasteiger partial charge is 0.466 e. The van der Waals surface area contributed by atoms with Crippen molar-refractivity contribution in [1.82, 2.24) is 9.80 Å². The third-order valence-electron chi connectivity index (χ3n) is 6.48. The lowest BCUT2D eigenvalue weighted by Crippen LogP contribution is -2.69. The lowest BCUT2D eigenvalue weighted by atomic mass is 9.87. The summed E-state index contributed by atoms with van der Waals surface area (Å²) in [7, 11) is 0. The molecular weight excluding hydrogens is 412 g/mol.